The normalized spacial score (nSPS) is 13.2. The largest absolute Gasteiger partial charge is 0.482 e. The van der Waals surface area contributed by atoms with Gasteiger partial charge in [-0.15, -0.1) is 0 Å². The fourth-order valence-corrected chi connectivity index (χ4v) is 2.50. The highest BCUT2D eigenvalue weighted by Crippen LogP contribution is 2.23. The maximum atomic E-state index is 11.7. The number of benzene rings is 1. The molecule has 1 aromatic carbocycles. The van der Waals surface area contributed by atoms with Crippen LogP contribution in [-0.4, -0.2) is 5.11 Å². The highest BCUT2D eigenvalue weighted by molar-refractivity contribution is 5.35. The van der Waals surface area contributed by atoms with Crippen molar-refractivity contribution in [2.24, 2.45) is 0 Å². The molecule has 2 aromatic rings. The molecule has 0 aliphatic heterocycles. The Hall–Kier alpha value is -2.07. The lowest BCUT2D eigenvalue weighted by molar-refractivity contribution is 0.236. The summed E-state index contributed by atoms with van der Waals surface area (Å²) in [5.41, 5.74) is 3.58. The first kappa shape index (κ1) is 12.9. The van der Waals surface area contributed by atoms with E-state index >= 15 is 0 Å². The minimum Gasteiger partial charge on any atom is -0.482 e. The zero-order chi connectivity index (χ0) is 13.9. The van der Waals surface area contributed by atoms with Gasteiger partial charge in [-0.25, -0.2) is 0 Å². The van der Waals surface area contributed by atoms with Crippen molar-refractivity contribution in [3.8, 4) is 5.75 Å². The summed E-state index contributed by atoms with van der Waals surface area (Å²) in [5, 5.41) is 8.88. The first-order chi connectivity index (χ1) is 9.76. The summed E-state index contributed by atoms with van der Waals surface area (Å²) in [4.78, 5) is 11.7. The third-order valence-electron chi connectivity index (χ3n) is 3.57. The molecule has 0 unspecified atom stereocenters. The molecular weight excluding hydrogens is 256 g/mol. The van der Waals surface area contributed by atoms with Crippen LogP contribution in [0.1, 0.15) is 28.9 Å². The minimum absolute atomic E-state index is 0.169. The fraction of sp³-hybridized carbons (Fsp3) is 0.312. The molecule has 0 fully saturated rings. The summed E-state index contributed by atoms with van der Waals surface area (Å²) in [7, 11) is 0. The van der Waals surface area contributed by atoms with Gasteiger partial charge in [-0.1, -0.05) is 18.2 Å². The van der Waals surface area contributed by atoms with E-state index in [0.29, 0.717) is 6.61 Å². The van der Waals surface area contributed by atoms with E-state index in [-0.39, 0.29) is 23.5 Å². The van der Waals surface area contributed by atoms with Gasteiger partial charge in [-0.3, -0.25) is 4.79 Å². The molecule has 20 heavy (non-hydrogen) atoms. The molecule has 1 aliphatic rings. The predicted molar refractivity (Wildman–Crippen MR) is 73.7 cm³/mol. The zero-order valence-electron chi connectivity index (χ0n) is 11.1. The van der Waals surface area contributed by atoms with Gasteiger partial charge in [0, 0.05) is 6.07 Å². The van der Waals surface area contributed by atoms with Crippen molar-refractivity contribution in [1.29, 1.82) is 0 Å². The second kappa shape index (κ2) is 5.51. The Morgan fingerprint density at radius 2 is 2.05 bits per heavy atom. The molecule has 4 heteroatoms. The molecular formula is C16H16O4. The van der Waals surface area contributed by atoms with Crippen LogP contribution in [0.2, 0.25) is 0 Å². The van der Waals surface area contributed by atoms with Gasteiger partial charge in [0.1, 0.15) is 25.2 Å². The highest BCUT2D eigenvalue weighted by atomic mass is 16.5. The van der Waals surface area contributed by atoms with E-state index in [4.69, 9.17) is 14.3 Å². The minimum atomic E-state index is -0.291. The average Bonchev–Trinajstić information content (AvgIpc) is 2.93. The maximum Gasteiger partial charge on any atom is 0.227 e. The molecule has 4 nitrogen and oxygen atoms in total. The molecule has 1 N–H and O–H groups in total. The Bertz CT molecular complexity index is 672. The van der Waals surface area contributed by atoms with E-state index in [2.05, 4.69) is 12.1 Å². The molecule has 3 rings (SSSR count). The Morgan fingerprint density at radius 1 is 1.20 bits per heavy atom. The third kappa shape index (κ3) is 2.60. The molecule has 0 spiro atoms. The number of ether oxygens (including phenoxy) is 1. The lowest BCUT2D eigenvalue weighted by atomic mass is 10.1. The van der Waals surface area contributed by atoms with E-state index in [0.717, 1.165) is 18.4 Å². The van der Waals surface area contributed by atoms with Crippen LogP contribution in [0.15, 0.2) is 39.7 Å². The van der Waals surface area contributed by atoms with Crippen molar-refractivity contribution < 1.29 is 14.3 Å². The van der Waals surface area contributed by atoms with E-state index in [1.807, 2.05) is 6.07 Å². The summed E-state index contributed by atoms with van der Waals surface area (Å²) in [6, 6.07) is 7.57. The number of fused-ring (bicyclic) bond motifs is 1. The van der Waals surface area contributed by atoms with E-state index in [1.165, 1.54) is 29.9 Å². The summed E-state index contributed by atoms with van der Waals surface area (Å²) in [6.45, 7) is 0.0524. The Labute approximate surface area is 116 Å². The van der Waals surface area contributed by atoms with Gasteiger partial charge < -0.3 is 14.3 Å². The molecule has 0 amide bonds. The first-order valence-corrected chi connectivity index (χ1v) is 6.72. The van der Waals surface area contributed by atoms with Gasteiger partial charge in [-0.2, -0.15) is 0 Å². The number of aryl methyl sites for hydroxylation is 2. The number of aliphatic hydroxyl groups is 1. The molecule has 0 atom stereocenters. The summed E-state index contributed by atoms with van der Waals surface area (Å²) in [6.07, 6.45) is 4.74. The average molecular weight is 272 g/mol. The van der Waals surface area contributed by atoms with E-state index in [1.54, 1.807) is 0 Å². The van der Waals surface area contributed by atoms with Gasteiger partial charge >= 0.3 is 0 Å². The Morgan fingerprint density at radius 3 is 2.85 bits per heavy atom. The molecule has 1 aromatic heterocycles. The number of rotatable bonds is 4. The SMILES string of the molecule is O=c1cc(CO)occ1OCc1ccc2c(c1)CCC2. The van der Waals surface area contributed by atoms with Gasteiger partial charge in [0.2, 0.25) is 11.2 Å². The molecule has 0 saturated carbocycles. The molecule has 0 bridgehead atoms. The first-order valence-electron chi connectivity index (χ1n) is 6.72. The monoisotopic (exact) mass is 272 g/mol. The second-order valence-electron chi connectivity index (χ2n) is 4.98. The van der Waals surface area contributed by atoms with E-state index < -0.39 is 0 Å². The third-order valence-corrected chi connectivity index (χ3v) is 3.57. The van der Waals surface area contributed by atoms with E-state index in [9.17, 15) is 4.79 Å². The standard InChI is InChI=1S/C16H16O4/c17-8-14-7-15(18)16(10-19-14)20-9-11-4-5-12-2-1-3-13(12)6-11/h4-7,10,17H,1-3,8-9H2. The smallest absolute Gasteiger partial charge is 0.227 e. The van der Waals surface area contributed by atoms with Crippen LogP contribution in [0.25, 0.3) is 0 Å². The van der Waals surface area contributed by atoms with Crippen molar-refractivity contribution >= 4 is 0 Å². The van der Waals surface area contributed by atoms with Gasteiger partial charge in [-0.05, 0) is 36.0 Å². The lowest BCUT2D eigenvalue weighted by Crippen LogP contribution is -2.08. The second-order valence-corrected chi connectivity index (χ2v) is 4.98. The van der Waals surface area contributed by atoms with Gasteiger partial charge in [0.25, 0.3) is 0 Å². The van der Waals surface area contributed by atoms with Crippen LogP contribution >= 0.6 is 0 Å². The predicted octanol–water partition coefficient (Wildman–Crippen LogP) is 2.20. The number of aliphatic hydroxyl groups excluding tert-OH is 1. The lowest BCUT2D eigenvalue weighted by Gasteiger charge is -2.07. The number of hydrogen-bond donors (Lipinski definition) is 1. The van der Waals surface area contributed by atoms with Gasteiger partial charge in [0.15, 0.2) is 0 Å². The zero-order valence-corrected chi connectivity index (χ0v) is 11.1. The fourth-order valence-electron chi connectivity index (χ4n) is 2.50. The molecule has 0 radical (unpaired) electrons. The van der Waals surface area contributed by atoms with Crippen molar-refractivity contribution in [2.75, 3.05) is 0 Å². The van der Waals surface area contributed by atoms with Crippen LogP contribution < -0.4 is 10.2 Å². The van der Waals surface area contributed by atoms with Crippen LogP contribution in [-0.2, 0) is 26.1 Å². The molecule has 0 saturated heterocycles. The Kier molecular flexibility index (Phi) is 3.56. The van der Waals surface area contributed by atoms with Gasteiger partial charge in [0.05, 0.1) is 0 Å². The van der Waals surface area contributed by atoms with Crippen LogP contribution in [0.4, 0.5) is 0 Å². The van der Waals surface area contributed by atoms with Crippen LogP contribution in [0, 0.1) is 0 Å². The summed E-state index contributed by atoms with van der Waals surface area (Å²) in [5.74, 6) is 0.405. The Balaban J connectivity index is 1.72. The quantitative estimate of drug-likeness (QED) is 0.927. The van der Waals surface area contributed by atoms with Crippen molar-refractivity contribution in [3.63, 3.8) is 0 Å². The van der Waals surface area contributed by atoms with Crippen molar-refractivity contribution in [1.82, 2.24) is 0 Å². The summed E-state index contributed by atoms with van der Waals surface area (Å²) >= 11 is 0. The highest BCUT2D eigenvalue weighted by Gasteiger charge is 2.11. The summed E-state index contributed by atoms with van der Waals surface area (Å²) < 4.78 is 10.6. The van der Waals surface area contributed by atoms with Crippen molar-refractivity contribution in [3.05, 3.63) is 63.2 Å². The molecule has 104 valence electrons. The van der Waals surface area contributed by atoms with Crippen LogP contribution in [0.5, 0.6) is 5.75 Å². The van der Waals surface area contributed by atoms with Crippen molar-refractivity contribution in [2.45, 2.75) is 32.5 Å². The molecule has 1 heterocycles. The maximum absolute atomic E-state index is 11.7. The molecule has 1 aliphatic carbocycles. The van der Waals surface area contributed by atoms with Crippen LogP contribution in [0.3, 0.4) is 0 Å². The number of hydrogen-bond acceptors (Lipinski definition) is 4. The topological polar surface area (TPSA) is 59.7 Å².